The van der Waals surface area contributed by atoms with Gasteiger partial charge in [-0.05, 0) is 12.1 Å². The van der Waals surface area contributed by atoms with E-state index in [1.807, 2.05) is 0 Å². The monoisotopic (exact) mass is 247 g/mol. The van der Waals surface area contributed by atoms with Gasteiger partial charge in [-0.1, -0.05) is 17.3 Å². The Balaban J connectivity index is 2.27. The van der Waals surface area contributed by atoms with Crippen LogP contribution in [0.3, 0.4) is 0 Å². The molecule has 0 radical (unpaired) electrons. The molecule has 0 saturated carbocycles. The molecule has 0 bridgehead atoms. The number of aromatic hydroxyl groups is 1. The van der Waals surface area contributed by atoms with E-state index in [2.05, 4.69) is 9.99 Å². The SMILES string of the molecule is Oc1ccccc1C1=NOC(O)(C(F)(F)F)C1. The number of benzene rings is 1. The summed E-state index contributed by atoms with van der Waals surface area (Å²) in [4.78, 5) is 4.03. The number of hydrogen-bond acceptors (Lipinski definition) is 4. The Kier molecular flexibility index (Phi) is 2.50. The molecule has 7 heteroatoms. The van der Waals surface area contributed by atoms with E-state index in [0.717, 1.165) is 0 Å². The lowest BCUT2D eigenvalue weighted by Crippen LogP contribution is -2.45. The summed E-state index contributed by atoms with van der Waals surface area (Å²) in [5.41, 5.74) is -0.0457. The molecule has 92 valence electrons. The van der Waals surface area contributed by atoms with Crippen LogP contribution in [0, 0.1) is 0 Å². The van der Waals surface area contributed by atoms with Gasteiger partial charge in [-0.3, -0.25) is 0 Å². The molecular weight excluding hydrogens is 239 g/mol. The number of hydrogen-bond donors (Lipinski definition) is 2. The maximum absolute atomic E-state index is 12.4. The summed E-state index contributed by atoms with van der Waals surface area (Å²) >= 11 is 0. The topological polar surface area (TPSA) is 62.1 Å². The van der Waals surface area contributed by atoms with Gasteiger partial charge < -0.3 is 15.1 Å². The number of rotatable bonds is 1. The predicted molar refractivity (Wildman–Crippen MR) is 51.4 cm³/mol. The van der Waals surface area contributed by atoms with E-state index < -0.39 is 18.4 Å². The molecule has 2 N–H and O–H groups in total. The second kappa shape index (κ2) is 3.63. The van der Waals surface area contributed by atoms with Crippen molar-refractivity contribution in [3.05, 3.63) is 29.8 Å². The zero-order chi connectivity index (χ0) is 12.7. The second-order valence-electron chi connectivity index (χ2n) is 3.61. The fourth-order valence-electron chi connectivity index (χ4n) is 1.44. The van der Waals surface area contributed by atoms with E-state index in [9.17, 15) is 23.4 Å². The average Bonchev–Trinajstić information content (AvgIpc) is 2.62. The molecule has 1 aromatic carbocycles. The first-order chi connectivity index (χ1) is 7.83. The summed E-state index contributed by atoms with van der Waals surface area (Å²) in [6, 6.07) is 5.75. The first-order valence-electron chi connectivity index (χ1n) is 4.66. The van der Waals surface area contributed by atoms with Gasteiger partial charge in [-0.2, -0.15) is 13.2 Å². The van der Waals surface area contributed by atoms with Gasteiger partial charge in [0.1, 0.15) is 5.75 Å². The minimum Gasteiger partial charge on any atom is -0.507 e. The molecular formula is C10H8F3NO3. The van der Waals surface area contributed by atoms with Crippen LogP contribution >= 0.6 is 0 Å². The summed E-state index contributed by atoms with van der Waals surface area (Å²) in [6.45, 7) is 0. The standard InChI is InChI=1S/C10H8F3NO3/c11-10(12,13)9(16)5-7(14-17-9)6-3-1-2-4-8(6)15/h1-4,15-16H,5H2. The van der Waals surface area contributed by atoms with Crippen molar-refractivity contribution in [1.29, 1.82) is 0 Å². The molecule has 4 nitrogen and oxygen atoms in total. The molecule has 0 aliphatic carbocycles. The highest BCUT2D eigenvalue weighted by Gasteiger charge is 2.60. The summed E-state index contributed by atoms with van der Waals surface area (Å²) in [7, 11) is 0. The molecule has 0 aromatic heterocycles. The number of alkyl halides is 3. The number of halogens is 3. The van der Waals surface area contributed by atoms with Gasteiger partial charge in [0, 0.05) is 5.56 Å². The van der Waals surface area contributed by atoms with Crippen molar-refractivity contribution >= 4 is 5.71 Å². The van der Waals surface area contributed by atoms with Crippen molar-refractivity contribution in [1.82, 2.24) is 0 Å². The predicted octanol–water partition coefficient (Wildman–Crippen LogP) is 1.77. The quantitative estimate of drug-likeness (QED) is 0.794. The maximum atomic E-state index is 12.4. The molecule has 17 heavy (non-hydrogen) atoms. The molecule has 1 heterocycles. The second-order valence-corrected chi connectivity index (χ2v) is 3.61. The van der Waals surface area contributed by atoms with Gasteiger partial charge in [-0.15, -0.1) is 0 Å². The molecule has 1 aliphatic rings. The normalized spacial score (nSPS) is 24.4. The highest BCUT2D eigenvalue weighted by Crippen LogP contribution is 2.39. The number of nitrogens with zero attached hydrogens (tertiary/aromatic N) is 1. The van der Waals surface area contributed by atoms with Crippen LogP contribution in [0.25, 0.3) is 0 Å². The van der Waals surface area contributed by atoms with Gasteiger partial charge in [0.05, 0.1) is 12.1 Å². The summed E-state index contributed by atoms with van der Waals surface area (Å²) in [5, 5.41) is 21.8. The average molecular weight is 247 g/mol. The van der Waals surface area contributed by atoms with Crippen molar-refractivity contribution < 1.29 is 28.2 Å². The molecule has 2 rings (SSSR count). The largest absolute Gasteiger partial charge is 0.507 e. The molecule has 1 aromatic rings. The van der Waals surface area contributed by atoms with E-state index in [4.69, 9.17) is 0 Å². The van der Waals surface area contributed by atoms with E-state index in [0.29, 0.717) is 0 Å². The number of oxime groups is 1. The van der Waals surface area contributed by atoms with E-state index in [-0.39, 0.29) is 17.0 Å². The number of phenolic OH excluding ortho intramolecular Hbond substituents is 1. The highest BCUT2D eigenvalue weighted by molar-refractivity contribution is 6.03. The maximum Gasteiger partial charge on any atom is 0.458 e. The Bertz CT molecular complexity index is 472. The van der Waals surface area contributed by atoms with E-state index in [1.165, 1.54) is 24.3 Å². The summed E-state index contributed by atoms with van der Waals surface area (Å²) in [5.74, 6) is -3.54. The molecule has 0 fully saturated rings. The Labute approximate surface area is 93.9 Å². The lowest BCUT2D eigenvalue weighted by Gasteiger charge is -2.22. The van der Waals surface area contributed by atoms with Crippen molar-refractivity contribution in [2.75, 3.05) is 0 Å². The van der Waals surface area contributed by atoms with Crippen molar-refractivity contribution in [2.45, 2.75) is 18.4 Å². The van der Waals surface area contributed by atoms with Crippen LogP contribution in [0.15, 0.2) is 29.4 Å². The van der Waals surface area contributed by atoms with Crippen LogP contribution in [0.5, 0.6) is 5.75 Å². The van der Waals surface area contributed by atoms with Crippen LogP contribution in [0.2, 0.25) is 0 Å². The smallest absolute Gasteiger partial charge is 0.458 e. The lowest BCUT2D eigenvalue weighted by atomic mass is 10.0. The highest BCUT2D eigenvalue weighted by atomic mass is 19.4. The van der Waals surface area contributed by atoms with Crippen LogP contribution in [-0.4, -0.2) is 27.9 Å². The van der Waals surface area contributed by atoms with E-state index in [1.54, 1.807) is 0 Å². The molecule has 1 aliphatic heterocycles. The molecule has 0 amide bonds. The minimum atomic E-state index is -4.94. The van der Waals surface area contributed by atoms with Crippen molar-refractivity contribution in [2.24, 2.45) is 5.16 Å². The number of para-hydroxylation sites is 1. The molecule has 0 saturated heterocycles. The van der Waals surface area contributed by atoms with Crippen LogP contribution in [0.4, 0.5) is 13.2 Å². The van der Waals surface area contributed by atoms with Gasteiger partial charge in [0.2, 0.25) is 0 Å². The Morgan fingerprint density at radius 2 is 1.94 bits per heavy atom. The van der Waals surface area contributed by atoms with Gasteiger partial charge in [0.15, 0.2) is 0 Å². The first kappa shape index (κ1) is 11.7. The molecule has 1 unspecified atom stereocenters. The zero-order valence-corrected chi connectivity index (χ0v) is 8.40. The fraction of sp³-hybridized carbons (Fsp3) is 0.300. The third kappa shape index (κ3) is 1.93. The third-order valence-electron chi connectivity index (χ3n) is 2.37. The van der Waals surface area contributed by atoms with Gasteiger partial charge >= 0.3 is 12.0 Å². The van der Waals surface area contributed by atoms with Crippen LogP contribution in [-0.2, 0) is 4.84 Å². The minimum absolute atomic E-state index is 0.104. The Morgan fingerprint density at radius 1 is 1.29 bits per heavy atom. The number of aliphatic hydroxyl groups is 1. The first-order valence-corrected chi connectivity index (χ1v) is 4.66. The van der Waals surface area contributed by atoms with Crippen molar-refractivity contribution in [3.8, 4) is 5.75 Å². The van der Waals surface area contributed by atoms with Crippen LogP contribution < -0.4 is 0 Å². The Morgan fingerprint density at radius 3 is 2.47 bits per heavy atom. The fourth-order valence-corrected chi connectivity index (χ4v) is 1.44. The van der Waals surface area contributed by atoms with Crippen LogP contribution in [0.1, 0.15) is 12.0 Å². The van der Waals surface area contributed by atoms with Gasteiger partial charge in [0.25, 0.3) is 0 Å². The van der Waals surface area contributed by atoms with Gasteiger partial charge in [-0.25, -0.2) is 0 Å². The summed E-state index contributed by atoms with van der Waals surface area (Å²) in [6.07, 6.45) is -5.79. The Hall–Kier alpha value is -1.76. The third-order valence-corrected chi connectivity index (χ3v) is 2.37. The lowest BCUT2D eigenvalue weighted by molar-refractivity contribution is -0.355. The zero-order valence-electron chi connectivity index (χ0n) is 8.40. The van der Waals surface area contributed by atoms with E-state index >= 15 is 0 Å². The molecule has 0 spiro atoms. The summed E-state index contributed by atoms with van der Waals surface area (Å²) < 4.78 is 37.3. The van der Waals surface area contributed by atoms with Crippen molar-refractivity contribution in [3.63, 3.8) is 0 Å². The molecule has 1 atom stereocenters. The number of phenols is 1.